The van der Waals surface area contributed by atoms with Crippen LogP contribution in [0.1, 0.15) is 29.5 Å². The average molecular weight is 408 g/mol. The second-order valence-electron chi connectivity index (χ2n) is 7.59. The second-order valence-corrected chi connectivity index (χ2v) is 9.82. The predicted octanol–water partition coefficient (Wildman–Crippen LogP) is 0.497. The van der Waals surface area contributed by atoms with E-state index in [1.54, 1.807) is 0 Å². The molecule has 28 heavy (non-hydrogen) atoms. The molecule has 2 saturated heterocycles. The fourth-order valence-corrected chi connectivity index (χ4v) is 6.11. The number of carbonyl (C=O) groups excluding carboxylic acids is 1. The van der Waals surface area contributed by atoms with Crippen molar-refractivity contribution in [1.29, 1.82) is 0 Å². The van der Waals surface area contributed by atoms with Gasteiger partial charge in [0.05, 0.1) is 38.5 Å². The minimum Gasteiger partial charge on any atom is -0.451 e. The molecule has 7 nitrogen and oxygen atoms in total. The van der Waals surface area contributed by atoms with Gasteiger partial charge in [-0.05, 0) is 13.0 Å². The van der Waals surface area contributed by atoms with Gasteiger partial charge in [0.15, 0.2) is 15.6 Å². The molecule has 1 atom stereocenters. The number of para-hydroxylation sites is 1. The molecule has 2 aliphatic heterocycles. The summed E-state index contributed by atoms with van der Waals surface area (Å²) in [6.45, 7) is 5.60. The van der Waals surface area contributed by atoms with Crippen molar-refractivity contribution < 1.29 is 27.3 Å². The molecule has 0 bridgehead atoms. The maximum atomic E-state index is 13.2. The zero-order valence-electron chi connectivity index (χ0n) is 16.1. The number of quaternary nitrogens is 1. The van der Waals surface area contributed by atoms with E-state index < -0.39 is 9.84 Å². The van der Waals surface area contributed by atoms with Crippen LogP contribution in [0.4, 0.5) is 0 Å². The highest BCUT2D eigenvalue weighted by Crippen LogP contribution is 2.27. The highest BCUT2D eigenvalue weighted by Gasteiger charge is 2.38. The summed E-state index contributed by atoms with van der Waals surface area (Å²) in [6, 6.07) is 7.81. The molecule has 1 amide bonds. The number of furan rings is 1. The van der Waals surface area contributed by atoms with E-state index in [9.17, 15) is 13.2 Å². The smallest absolute Gasteiger partial charge is 0.290 e. The quantitative estimate of drug-likeness (QED) is 0.781. The van der Waals surface area contributed by atoms with Crippen LogP contribution in [0.3, 0.4) is 0 Å². The van der Waals surface area contributed by atoms with Crippen LogP contribution in [0, 0.1) is 0 Å². The lowest BCUT2D eigenvalue weighted by Crippen LogP contribution is -3.18. The van der Waals surface area contributed by atoms with Gasteiger partial charge in [0.1, 0.15) is 17.4 Å². The first-order valence-corrected chi connectivity index (χ1v) is 11.7. The van der Waals surface area contributed by atoms with Crippen LogP contribution in [0.5, 0.6) is 0 Å². The van der Waals surface area contributed by atoms with E-state index >= 15 is 0 Å². The van der Waals surface area contributed by atoms with Crippen LogP contribution in [-0.4, -0.2) is 69.6 Å². The number of fused-ring (bicyclic) bond motifs is 1. The Morgan fingerprint density at radius 3 is 2.71 bits per heavy atom. The molecule has 0 radical (unpaired) electrons. The number of nitrogens with zero attached hydrogens (tertiary/aromatic N) is 1. The molecule has 0 aliphatic carbocycles. The van der Waals surface area contributed by atoms with E-state index in [0.717, 1.165) is 30.5 Å². The van der Waals surface area contributed by atoms with Gasteiger partial charge in [-0.3, -0.25) is 4.79 Å². The monoisotopic (exact) mass is 407 g/mol. The molecule has 4 rings (SSSR count). The summed E-state index contributed by atoms with van der Waals surface area (Å²) in [5.74, 6) is 0.827. The van der Waals surface area contributed by atoms with Crippen molar-refractivity contribution in [2.75, 3.05) is 44.3 Å². The van der Waals surface area contributed by atoms with Crippen molar-refractivity contribution in [3.63, 3.8) is 0 Å². The molecule has 1 N–H and O–H groups in total. The normalized spacial score (nSPS) is 22.8. The molecule has 1 aromatic carbocycles. The summed E-state index contributed by atoms with van der Waals surface area (Å²) in [6.07, 6.45) is 0.730. The van der Waals surface area contributed by atoms with E-state index in [0.29, 0.717) is 43.4 Å². The summed E-state index contributed by atoms with van der Waals surface area (Å²) in [5, 5.41) is 0.916. The first kappa shape index (κ1) is 19.4. The highest BCUT2D eigenvalue weighted by atomic mass is 32.2. The third kappa shape index (κ3) is 3.81. The van der Waals surface area contributed by atoms with Crippen LogP contribution in [0.25, 0.3) is 11.0 Å². The molecule has 2 aromatic rings. The Labute approximate surface area is 165 Å². The Kier molecular flexibility index (Phi) is 5.44. The Hall–Kier alpha value is -1.90. The van der Waals surface area contributed by atoms with Gasteiger partial charge in [0.2, 0.25) is 0 Å². The standard InChI is InChI=1S/C20H26N2O5S/c1-2-26-13-17-16-5-3-4-6-18(16)27-19(17)20(23)22-10-8-21(9-11-22)15-7-12-28(24,25)14-15/h3-6,15H,2,7-14H2,1H3/p+1/t15-/m0/s1. The number of hydrogen-bond acceptors (Lipinski definition) is 5. The first-order valence-electron chi connectivity index (χ1n) is 9.91. The fraction of sp³-hybridized carbons (Fsp3) is 0.550. The number of carbonyl (C=O) groups is 1. The molecule has 1 aromatic heterocycles. The van der Waals surface area contributed by atoms with Gasteiger partial charge in [-0.25, -0.2) is 8.42 Å². The molecule has 0 spiro atoms. The maximum absolute atomic E-state index is 13.2. The van der Waals surface area contributed by atoms with Crippen molar-refractivity contribution in [3.8, 4) is 0 Å². The molecule has 8 heteroatoms. The Balaban J connectivity index is 1.48. The van der Waals surface area contributed by atoms with Crippen molar-refractivity contribution in [3.05, 3.63) is 35.6 Å². The van der Waals surface area contributed by atoms with Gasteiger partial charge in [-0.15, -0.1) is 0 Å². The largest absolute Gasteiger partial charge is 0.451 e. The third-order valence-electron chi connectivity index (χ3n) is 5.85. The Morgan fingerprint density at radius 2 is 2.04 bits per heavy atom. The van der Waals surface area contributed by atoms with Crippen molar-refractivity contribution in [1.82, 2.24) is 4.90 Å². The van der Waals surface area contributed by atoms with E-state index in [1.165, 1.54) is 4.90 Å². The van der Waals surface area contributed by atoms with Gasteiger partial charge in [-0.1, -0.05) is 18.2 Å². The van der Waals surface area contributed by atoms with Crippen LogP contribution in [0.2, 0.25) is 0 Å². The van der Waals surface area contributed by atoms with E-state index in [4.69, 9.17) is 9.15 Å². The van der Waals surface area contributed by atoms with Gasteiger partial charge in [0, 0.05) is 24.0 Å². The summed E-state index contributed by atoms with van der Waals surface area (Å²) >= 11 is 0. The summed E-state index contributed by atoms with van der Waals surface area (Å²) in [5.41, 5.74) is 1.50. The first-order chi connectivity index (χ1) is 13.5. The molecule has 2 fully saturated rings. The minimum absolute atomic E-state index is 0.107. The number of benzene rings is 1. The van der Waals surface area contributed by atoms with Crippen LogP contribution in [-0.2, 0) is 21.2 Å². The topological polar surface area (TPSA) is 81.3 Å². The second kappa shape index (κ2) is 7.85. The van der Waals surface area contributed by atoms with Crippen LogP contribution >= 0.6 is 0 Å². The molecular weight excluding hydrogens is 380 g/mol. The summed E-state index contributed by atoms with van der Waals surface area (Å²) < 4.78 is 35.0. The van der Waals surface area contributed by atoms with E-state index in [1.807, 2.05) is 36.1 Å². The van der Waals surface area contributed by atoms with Gasteiger partial charge in [-0.2, -0.15) is 0 Å². The molecule has 3 heterocycles. The van der Waals surface area contributed by atoms with Crippen LogP contribution < -0.4 is 4.90 Å². The SMILES string of the molecule is CCOCc1c(C(=O)N2CC[NH+]([C@H]3CCS(=O)(=O)C3)CC2)oc2ccccc12. The van der Waals surface area contributed by atoms with E-state index in [-0.39, 0.29) is 17.7 Å². The third-order valence-corrected chi connectivity index (χ3v) is 7.61. The summed E-state index contributed by atoms with van der Waals surface area (Å²) in [4.78, 5) is 16.3. The zero-order chi connectivity index (χ0) is 19.7. The number of sulfone groups is 1. The number of nitrogens with one attached hydrogen (secondary N) is 1. The number of hydrogen-bond donors (Lipinski definition) is 1. The Morgan fingerprint density at radius 1 is 1.29 bits per heavy atom. The minimum atomic E-state index is -2.88. The maximum Gasteiger partial charge on any atom is 0.290 e. The molecule has 2 aliphatic rings. The molecular formula is C20H27N2O5S+. The summed E-state index contributed by atoms with van der Waals surface area (Å²) in [7, 11) is -2.88. The molecule has 0 unspecified atom stereocenters. The number of rotatable bonds is 5. The number of ether oxygens (including phenoxy) is 1. The van der Waals surface area contributed by atoms with Crippen molar-refractivity contribution >= 4 is 26.7 Å². The zero-order valence-corrected chi connectivity index (χ0v) is 17.0. The lowest BCUT2D eigenvalue weighted by molar-refractivity contribution is -0.925. The number of piperazine rings is 1. The van der Waals surface area contributed by atoms with Gasteiger partial charge in [0.25, 0.3) is 5.91 Å². The van der Waals surface area contributed by atoms with Crippen molar-refractivity contribution in [2.45, 2.75) is 26.0 Å². The lowest BCUT2D eigenvalue weighted by atomic mass is 10.1. The highest BCUT2D eigenvalue weighted by molar-refractivity contribution is 7.91. The van der Waals surface area contributed by atoms with Gasteiger partial charge >= 0.3 is 0 Å². The number of amides is 1. The van der Waals surface area contributed by atoms with Gasteiger partial charge < -0.3 is 19.0 Å². The molecule has 152 valence electrons. The fourth-order valence-electron chi connectivity index (χ4n) is 4.28. The predicted molar refractivity (Wildman–Crippen MR) is 105 cm³/mol. The van der Waals surface area contributed by atoms with Crippen LogP contribution in [0.15, 0.2) is 28.7 Å². The lowest BCUT2D eigenvalue weighted by Gasteiger charge is -2.34. The Bertz CT molecular complexity index is 960. The van der Waals surface area contributed by atoms with Crippen molar-refractivity contribution in [2.24, 2.45) is 0 Å². The molecule has 0 saturated carbocycles. The van der Waals surface area contributed by atoms with E-state index in [2.05, 4.69) is 0 Å². The average Bonchev–Trinajstić information content (AvgIpc) is 3.26.